The molecule has 8 rings (SSSR count). The van der Waals surface area contributed by atoms with Gasteiger partial charge in [-0.05, 0) is 106 Å². The molecule has 0 unspecified atom stereocenters. The van der Waals surface area contributed by atoms with Crippen LogP contribution in [0.25, 0.3) is 21.1 Å². The van der Waals surface area contributed by atoms with Gasteiger partial charge in [0.25, 0.3) is 11.8 Å². The Kier molecular flexibility index (Phi) is 7.83. The Labute approximate surface area is 288 Å². The van der Waals surface area contributed by atoms with E-state index in [4.69, 9.17) is 4.74 Å². The maximum absolute atomic E-state index is 14.7. The van der Waals surface area contributed by atoms with Crippen molar-refractivity contribution in [3.05, 3.63) is 100 Å². The number of carbonyl (C=O) groups excluding carboxylic acids is 2. The number of aromatic amines is 1. The summed E-state index contributed by atoms with van der Waals surface area (Å²) in [6.07, 6.45) is 4.47. The van der Waals surface area contributed by atoms with Gasteiger partial charge in [-0.15, -0.1) is 11.3 Å². The second-order valence-electron chi connectivity index (χ2n) is 13.5. The van der Waals surface area contributed by atoms with E-state index in [-0.39, 0.29) is 17.2 Å². The maximum atomic E-state index is 14.7. The molecule has 3 aliphatic rings. The predicted octanol–water partition coefficient (Wildman–Crippen LogP) is 7.34. The van der Waals surface area contributed by atoms with E-state index in [2.05, 4.69) is 31.2 Å². The van der Waals surface area contributed by atoms with Gasteiger partial charge in [0, 0.05) is 71.8 Å². The van der Waals surface area contributed by atoms with Crippen LogP contribution >= 0.6 is 11.3 Å². The SMILES string of the molecule is Cc1cnc(N2CC3(CCOCC3)C2)c(C(=O)Nc2ccc(C(=O)N3CCc4cc(-c5nc(C)c(C)[nH]5)sc4-c4ccc(F)cc43)cc2)c1. The number of benzene rings is 2. The Balaban J connectivity index is 1.01. The molecule has 2 amide bonds. The first kappa shape index (κ1) is 31.4. The number of thiophene rings is 1. The second kappa shape index (κ2) is 12.2. The summed E-state index contributed by atoms with van der Waals surface area (Å²) in [7, 11) is 0. The maximum Gasteiger partial charge on any atom is 0.259 e. The van der Waals surface area contributed by atoms with Gasteiger partial charge in [-0.3, -0.25) is 9.59 Å². The summed E-state index contributed by atoms with van der Waals surface area (Å²) in [6, 6.07) is 15.5. The topological polar surface area (TPSA) is 103 Å². The Bertz CT molecular complexity index is 2070. The van der Waals surface area contributed by atoms with Crippen molar-refractivity contribution in [1.29, 1.82) is 0 Å². The molecular weight excluding hydrogens is 640 g/mol. The largest absolute Gasteiger partial charge is 0.381 e. The van der Waals surface area contributed by atoms with Crippen LogP contribution in [0.15, 0.2) is 60.8 Å². The molecular formula is C38H37FN6O3S. The number of halogens is 1. The van der Waals surface area contributed by atoms with E-state index >= 15 is 0 Å². The van der Waals surface area contributed by atoms with Crippen molar-refractivity contribution >= 4 is 40.3 Å². The van der Waals surface area contributed by atoms with E-state index in [1.165, 1.54) is 12.1 Å². The quantitative estimate of drug-likeness (QED) is 0.202. The fraction of sp³-hybridized carbons (Fsp3) is 0.316. The molecule has 3 aromatic heterocycles. The number of fused-ring (bicyclic) bond motifs is 3. The first-order valence-electron chi connectivity index (χ1n) is 16.7. The van der Waals surface area contributed by atoms with Gasteiger partial charge in [0.2, 0.25) is 0 Å². The molecule has 2 N–H and O–H groups in total. The molecule has 3 aliphatic heterocycles. The zero-order chi connectivity index (χ0) is 33.9. The van der Waals surface area contributed by atoms with Crippen LogP contribution in [0.4, 0.5) is 21.6 Å². The number of imidazole rings is 1. The molecule has 2 aromatic carbocycles. The summed E-state index contributed by atoms with van der Waals surface area (Å²) >= 11 is 1.60. The van der Waals surface area contributed by atoms with Gasteiger partial charge in [0.1, 0.15) is 17.5 Å². The van der Waals surface area contributed by atoms with Crippen LogP contribution in [0.5, 0.6) is 0 Å². The normalized spacial score (nSPS) is 16.5. The number of amides is 2. The number of aromatic nitrogens is 3. The molecule has 5 aromatic rings. The van der Waals surface area contributed by atoms with Crippen molar-refractivity contribution in [2.75, 3.05) is 48.0 Å². The first-order valence-corrected chi connectivity index (χ1v) is 17.5. The molecule has 0 saturated carbocycles. The number of hydrogen-bond acceptors (Lipinski definition) is 7. The van der Waals surface area contributed by atoms with Gasteiger partial charge in [0.05, 0.1) is 21.8 Å². The number of hydrogen-bond donors (Lipinski definition) is 2. The lowest BCUT2D eigenvalue weighted by molar-refractivity contribution is -0.000510. The fourth-order valence-corrected chi connectivity index (χ4v) is 8.36. The van der Waals surface area contributed by atoms with Gasteiger partial charge < -0.3 is 24.8 Å². The zero-order valence-corrected chi connectivity index (χ0v) is 28.5. The number of carbonyl (C=O) groups is 2. The van der Waals surface area contributed by atoms with Gasteiger partial charge in [-0.25, -0.2) is 14.4 Å². The summed E-state index contributed by atoms with van der Waals surface area (Å²) in [6.45, 7) is 9.59. The second-order valence-corrected chi connectivity index (χ2v) is 14.6. The number of ether oxygens (including phenoxy) is 1. The molecule has 11 heteroatoms. The average molecular weight is 677 g/mol. The van der Waals surface area contributed by atoms with Crippen LogP contribution in [0.2, 0.25) is 0 Å². The van der Waals surface area contributed by atoms with Crippen molar-refractivity contribution < 1.29 is 18.7 Å². The summed E-state index contributed by atoms with van der Waals surface area (Å²) in [5.74, 6) is 0.617. The van der Waals surface area contributed by atoms with Crippen LogP contribution < -0.4 is 15.1 Å². The van der Waals surface area contributed by atoms with E-state index in [0.717, 1.165) is 82.8 Å². The lowest BCUT2D eigenvalue weighted by atomic mass is 9.73. The minimum Gasteiger partial charge on any atom is -0.381 e. The molecule has 1 spiro atoms. The Morgan fingerprint density at radius 3 is 2.53 bits per heavy atom. The van der Waals surface area contributed by atoms with Gasteiger partial charge in [-0.2, -0.15) is 0 Å². The standard InChI is InChI=1S/C38H37FN6O3S/c1-22-16-30(35(40-19-22)44-20-38(21-44)11-14-48-15-12-38)36(46)43-28-7-4-25(5-8-28)37(47)45-13-10-26-17-32(34-41-23(2)24(3)42-34)49-33(26)29-9-6-27(39)18-31(29)45/h4-9,16-19H,10-15,20-21H2,1-3H3,(H,41,42)(H,43,46). The van der Waals surface area contributed by atoms with E-state index in [1.54, 1.807) is 52.8 Å². The van der Waals surface area contributed by atoms with Crippen LogP contribution in [0.3, 0.4) is 0 Å². The molecule has 2 saturated heterocycles. The summed E-state index contributed by atoms with van der Waals surface area (Å²) in [4.78, 5) is 46.1. The molecule has 0 atom stereocenters. The Hall–Kier alpha value is -4.87. The highest BCUT2D eigenvalue weighted by molar-refractivity contribution is 7.19. The van der Waals surface area contributed by atoms with Crippen molar-refractivity contribution in [2.24, 2.45) is 5.41 Å². The molecule has 0 bridgehead atoms. The third-order valence-corrected chi connectivity index (χ3v) is 11.3. The molecule has 2 fully saturated rings. The Morgan fingerprint density at radius 2 is 1.80 bits per heavy atom. The highest BCUT2D eigenvalue weighted by Gasteiger charge is 2.45. The lowest BCUT2D eigenvalue weighted by Crippen LogP contribution is -2.59. The number of nitrogens with zero attached hydrogens (tertiary/aromatic N) is 4. The number of aryl methyl sites for hydroxylation is 3. The highest BCUT2D eigenvalue weighted by atomic mass is 32.1. The van der Waals surface area contributed by atoms with E-state index < -0.39 is 5.82 Å². The van der Waals surface area contributed by atoms with Crippen molar-refractivity contribution in [1.82, 2.24) is 15.0 Å². The van der Waals surface area contributed by atoms with Crippen LogP contribution in [0, 0.1) is 32.0 Å². The Morgan fingerprint density at radius 1 is 1.02 bits per heavy atom. The van der Waals surface area contributed by atoms with E-state index in [9.17, 15) is 14.0 Å². The number of H-pyrrole nitrogens is 1. The number of rotatable bonds is 5. The molecule has 6 heterocycles. The van der Waals surface area contributed by atoms with Crippen LogP contribution in [-0.4, -0.2) is 59.6 Å². The van der Waals surface area contributed by atoms with E-state index in [1.807, 2.05) is 26.8 Å². The van der Waals surface area contributed by atoms with Crippen LogP contribution in [-0.2, 0) is 11.2 Å². The third-order valence-electron chi connectivity index (χ3n) is 10.1. The summed E-state index contributed by atoms with van der Waals surface area (Å²) in [5.41, 5.74) is 7.11. The van der Waals surface area contributed by atoms with Crippen molar-refractivity contribution in [3.8, 4) is 21.1 Å². The smallest absolute Gasteiger partial charge is 0.259 e. The zero-order valence-electron chi connectivity index (χ0n) is 27.7. The third kappa shape index (κ3) is 5.80. The summed E-state index contributed by atoms with van der Waals surface area (Å²) < 4.78 is 20.3. The van der Waals surface area contributed by atoms with Gasteiger partial charge in [-0.1, -0.05) is 0 Å². The van der Waals surface area contributed by atoms with Crippen molar-refractivity contribution in [3.63, 3.8) is 0 Å². The first-order chi connectivity index (χ1) is 23.7. The monoisotopic (exact) mass is 676 g/mol. The molecule has 0 aliphatic carbocycles. The molecule has 49 heavy (non-hydrogen) atoms. The highest BCUT2D eigenvalue weighted by Crippen LogP contribution is 2.45. The summed E-state index contributed by atoms with van der Waals surface area (Å²) in [5, 5.41) is 3.00. The molecule has 250 valence electrons. The minimum atomic E-state index is -0.404. The molecule has 0 radical (unpaired) electrons. The number of nitrogens with one attached hydrogen (secondary N) is 2. The van der Waals surface area contributed by atoms with Crippen molar-refractivity contribution in [2.45, 2.75) is 40.0 Å². The lowest BCUT2D eigenvalue weighted by Gasteiger charge is -2.53. The predicted molar refractivity (Wildman–Crippen MR) is 190 cm³/mol. The fourth-order valence-electron chi connectivity index (χ4n) is 7.17. The number of pyridine rings is 1. The van der Waals surface area contributed by atoms with E-state index in [0.29, 0.717) is 41.3 Å². The minimum absolute atomic E-state index is 0.234. The van der Waals surface area contributed by atoms with Gasteiger partial charge >= 0.3 is 0 Å². The van der Waals surface area contributed by atoms with Gasteiger partial charge in [0.15, 0.2) is 0 Å². The average Bonchev–Trinajstić information content (AvgIpc) is 3.62. The van der Waals surface area contributed by atoms with Crippen LogP contribution in [0.1, 0.15) is 56.1 Å². The molecule has 9 nitrogen and oxygen atoms in total. The number of anilines is 3.